The zero-order valence-electron chi connectivity index (χ0n) is 10.7. The van der Waals surface area contributed by atoms with Gasteiger partial charge >= 0.3 is 5.97 Å². The van der Waals surface area contributed by atoms with Crippen molar-refractivity contribution in [2.45, 2.75) is 25.3 Å². The molecule has 0 saturated heterocycles. The summed E-state index contributed by atoms with van der Waals surface area (Å²) in [5.74, 6) is -0.968. The number of carboxylic acid groups (broad SMARTS) is 1. The lowest BCUT2D eigenvalue weighted by Gasteiger charge is -2.39. The molecular weight excluding hydrogens is 244 g/mol. The molecule has 0 aromatic heterocycles. The van der Waals surface area contributed by atoms with Crippen LogP contribution in [0.25, 0.3) is 0 Å². The smallest absolute Gasteiger partial charge is 0.306 e. The molecule has 3 rings (SSSR count). The van der Waals surface area contributed by atoms with Crippen LogP contribution in [0.15, 0.2) is 18.2 Å². The van der Waals surface area contributed by atoms with Crippen molar-refractivity contribution in [2.24, 2.45) is 5.92 Å². The number of hydrogen-bond donors (Lipinski definition) is 2. The van der Waals surface area contributed by atoms with Crippen LogP contribution in [0.3, 0.4) is 0 Å². The van der Waals surface area contributed by atoms with Crippen LogP contribution in [0.1, 0.15) is 18.4 Å². The largest absolute Gasteiger partial charge is 0.481 e. The van der Waals surface area contributed by atoms with Gasteiger partial charge in [-0.05, 0) is 36.6 Å². The van der Waals surface area contributed by atoms with E-state index in [1.165, 1.54) is 0 Å². The van der Waals surface area contributed by atoms with Crippen molar-refractivity contribution in [3.63, 3.8) is 0 Å². The van der Waals surface area contributed by atoms with Gasteiger partial charge in [0.15, 0.2) is 0 Å². The van der Waals surface area contributed by atoms with Gasteiger partial charge in [0, 0.05) is 24.5 Å². The van der Waals surface area contributed by atoms with Crippen molar-refractivity contribution < 1.29 is 14.7 Å². The van der Waals surface area contributed by atoms with Crippen molar-refractivity contribution in [2.75, 3.05) is 17.3 Å². The van der Waals surface area contributed by atoms with Crippen LogP contribution in [-0.4, -0.2) is 30.1 Å². The molecule has 1 fully saturated rings. The normalized spacial score (nSPS) is 24.9. The van der Waals surface area contributed by atoms with E-state index in [2.05, 4.69) is 5.32 Å². The van der Waals surface area contributed by atoms with E-state index in [0.717, 1.165) is 16.9 Å². The van der Waals surface area contributed by atoms with Gasteiger partial charge in [0.05, 0.1) is 12.3 Å². The molecule has 5 heteroatoms. The van der Waals surface area contributed by atoms with Crippen LogP contribution in [0.5, 0.6) is 0 Å². The lowest BCUT2D eigenvalue weighted by Crippen LogP contribution is -2.48. The molecule has 1 amide bonds. The molecule has 0 bridgehead atoms. The van der Waals surface area contributed by atoms with E-state index < -0.39 is 5.97 Å². The van der Waals surface area contributed by atoms with E-state index in [-0.39, 0.29) is 17.9 Å². The molecule has 0 spiro atoms. The minimum atomic E-state index is -0.756. The minimum absolute atomic E-state index is 0.0512. The van der Waals surface area contributed by atoms with E-state index in [9.17, 15) is 9.59 Å². The van der Waals surface area contributed by atoms with Crippen LogP contribution < -0.4 is 10.2 Å². The number of anilines is 2. The number of carbonyl (C=O) groups excluding carboxylic acids is 1. The van der Waals surface area contributed by atoms with Crippen LogP contribution in [0.2, 0.25) is 0 Å². The summed E-state index contributed by atoms with van der Waals surface area (Å²) in [6.07, 6.45) is 1.54. The fourth-order valence-electron chi connectivity index (χ4n) is 2.90. The quantitative estimate of drug-likeness (QED) is 0.863. The minimum Gasteiger partial charge on any atom is -0.481 e. The van der Waals surface area contributed by atoms with Gasteiger partial charge in [-0.2, -0.15) is 0 Å². The third-order valence-corrected chi connectivity index (χ3v) is 4.07. The lowest BCUT2D eigenvalue weighted by atomic mass is 9.79. The molecule has 0 unspecified atom stereocenters. The molecule has 100 valence electrons. The molecule has 1 aliphatic carbocycles. The highest BCUT2D eigenvalue weighted by Crippen LogP contribution is 2.40. The number of benzene rings is 1. The maximum Gasteiger partial charge on any atom is 0.306 e. The number of carboxylic acids is 1. The number of hydrogen-bond acceptors (Lipinski definition) is 3. The predicted molar refractivity (Wildman–Crippen MR) is 71.3 cm³/mol. The molecule has 1 aromatic carbocycles. The maximum atomic E-state index is 12.1. The Balaban J connectivity index is 1.82. The van der Waals surface area contributed by atoms with E-state index in [1.54, 1.807) is 4.90 Å². The molecule has 5 nitrogen and oxygen atoms in total. The Hall–Kier alpha value is -2.04. The second-order valence-electron chi connectivity index (χ2n) is 5.19. The van der Waals surface area contributed by atoms with Gasteiger partial charge in [0.1, 0.15) is 0 Å². The topological polar surface area (TPSA) is 69.6 Å². The Morgan fingerprint density at radius 3 is 2.79 bits per heavy atom. The zero-order chi connectivity index (χ0) is 13.6. The number of nitrogens with one attached hydrogen (secondary N) is 1. The molecule has 0 radical (unpaired) electrons. The van der Waals surface area contributed by atoms with Gasteiger partial charge in [-0.25, -0.2) is 0 Å². The summed E-state index contributed by atoms with van der Waals surface area (Å²) >= 11 is 0. The van der Waals surface area contributed by atoms with Crippen LogP contribution in [0, 0.1) is 5.92 Å². The summed E-state index contributed by atoms with van der Waals surface area (Å²) in [6.45, 7) is 0. The number of nitrogens with zero attached hydrogens (tertiary/aromatic N) is 1. The molecule has 2 aliphatic rings. The van der Waals surface area contributed by atoms with Crippen LogP contribution in [0.4, 0.5) is 11.4 Å². The first kappa shape index (κ1) is 12.0. The average molecular weight is 260 g/mol. The first-order chi connectivity index (χ1) is 9.10. The van der Waals surface area contributed by atoms with Crippen molar-refractivity contribution >= 4 is 23.3 Å². The molecule has 0 atom stereocenters. The number of aliphatic carboxylic acids is 1. The Morgan fingerprint density at radius 2 is 2.16 bits per heavy atom. The Bertz CT molecular complexity index is 550. The number of carbonyl (C=O) groups is 2. The second kappa shape index (κ2) is 4.26. The number of amides is 1. The molecule has 1 saturated carbocycles. The molecule has 1 aliphatic heterocycles. The fraction of sp³-hybridized carbons (Fsp3) is 0.429. The summed E-state index contributed by atoms with van der Waals surface area (Å²) in [4.78, 5) is 24.7. The molecule has 1 aromatic rings. The average Bonchev–Trinajstić information content (AvgIpc) is 2.63. The number of rotatable bonds is 3. The standard InChI is InChI=1S/C14H16N2O3/c1-15-10-2-3-12-8(4-10)7-13(17)16(12)11-5-9(6-11)14(18)19/h2-4,9,11,15H,5-7H2,1H3,(H,18,19). The third-order valence-electron chi connectivity index (χ3n) is 4.07. The maximum absolute atomic E-state index is 12.1. The zero-order valence-corrected chi connectivity index (χ0v) is 10.7. The highest BCUT2D eigenvalue weighted by molar-refractivity contribution is 6.02. The summed E-state index contributed by atoms with van der Waals surface area (Å²) in [5.41, 5.74) is 2.96. The second-order valence-corrected chi connectivity index (χ2v) is 5.19. The van der Waals surface area contributed by atoms with Gasteiger partial charge in [-0.3, -0.25) is 9.59 Å². The van der Waals surface area contributed by atoms with Crippen molar-refractivity contribution in [1.29, 1.82) is 0 Å². The van der Waals surface area contributed by atoms with E-state index in [0.29, 0.717) is 19.3 Å². The molecule has 1 heterocycles. The Kier molecular flexibility index (Phi) is 2.69. The van der Waals surface area contributed by atoms with Gasteiger partial charge in [-0.15, -0.1) is 0 Å². The third kappa shape index (κ3) is 1.85. The monoisotopic (exact) mass is 260 g/mol. The van der Waals surface area contributed by atoms with Gasteiger partial charge in [0.25, 0.3) is 0 Å². The van der Waals surface area contributed by atoms with E-state index in [1.807, 2.05) is 25.2 Å². The summed E-state index contributed by atoms with van der Waals surface area (Å²) in [6, 6.07) is 5.92. The van der Waals surface area contributed by atoms with Crippen LogP contribution >= 0.6 is 0 Å². The van der Waals surface area contributed by atoms with Crippen molar-refractivity contribution in [3.8, 4) is 0 Å². The predicted octanol–water partition coefficient (Wildman–Crippen LogP) is 1.48. The fourth-order valence-corrected chi connectivity index (χ4v) is 2.90. The van der Waals surface area contributed by atoms with E-state index in [4.69, 9.17) is 5.11 Å². The van der Waals surface area contributed by atoms with Gasteiger partial charge < -0.3 is 15.3 Å². The highest BCUT2D eigenvalue weighted by atomic mass is 16.4. The Morgan fingerprint density at radius 1 is 1.42 bits per heavy atom. The summed E-state index contributed by atoms with van der Waals surface area (Å²) in [5, 5.41) is 12.0. The van der Waals surface area contributed by atoms with E-state index >= 15 is 0 Å². The summed E-state index contributed by atoms with van der Waals surface area (Å²) in [7, 11) is 1.85. The highest BCUT2D eigenvalue weighted by Gasteiger charge is 2.43. The van der Waals surface area contributed by atoms with Crippen LogP contribution in [-0.2, 0) is 16.0 Å². The Labute approximate surface area is 111 Å². The van der Waals surface area contributed by atoms with Crippen molar-refractivity contribution in [3.05, 3.63) is 23.8 Å². The molecule has 2 N–H and O–H groups in total. The van der Waals surface area contributed by atoms with Crippen molar-refractivity contribution in [1.82, 2.24) is 0 Å². The molecular formula is C14H16N2O3. The van der Waals surface area contributed by atoms with Gasteiger partial charge in [-0.1, -0.05) is 0 Å². The SMILES string of the molecule is CNc1ccc2c(c1)CC(=O)N2C1CC(C(=O)O)C1. The summed E-state index contributed by atoms with van der Waals surface area (Å²) < 4.78 is 0. The number of fused-ring (bicyclic) bond motifs is 1. The first-order valence-corrected chi connectivity index (χ1v) is 6.45. The van der Waals surface area contributed by atoms with Gasteiger partial charge in [0.2, 0.25) is 5.91 Å². The first-order valence-electron chi connectivity index (χ1n) is 6.45. The lowest BCUT2D eigenvalue weighted by molar-refractivity contribution is -0.145. The molecule has 19 heavy (non-hydrogen) atoms.